The van der Waals surface area contributed by atoms with Crippen LogP contribution in [0.15, 0.2) is 22.7 Å². The molecule has 100 valence electrons. The highest BCUT2D eigenvalue weighted by atomic mass is 79.9. The fraction of sp³-hybridized carbons (Fsp3) is 0.500. The average molecular weight is 317 g/mol. The molecule has 0 bridgehead atoms. The highest BCUT2D eigenvalue weighted by Gasteiger charge is 2.31. The third-order valence-corrected chi connectivity index (χ3v) is 3.58. The van der Waals surface area contributed by atoms with Crippen LogP contribution in [0, 0.1) is 5.82 Å². The molecule has 0 radical (unpaired) electrons. The van der Waals surface area contributed by atoms with E-state index in [4.69, 9.17) is 4.74 Å². The Morgan fingerprint density at radius 1 is 1.44 bits per heavy atom. The molecule has 0 heterocycles. The average Bonchev–Trinajstić information content (AvgIpc) is 2.34. The number of rotatable bonds is 6. The van der Waals surface area contributed by atoms with Crippen molar-refractivity contribution in [2.45, 2.75) is 39.2 Å². The maximum Gasteiger partial charge on any atom is 0.168 e. The van der Waals surface area contributed by atoms with Crippen LogP contribution in [-0.2, 0) is 16.0 Å². The number of ether oxygens (including phenoxy) is 1. The Labute approximate surface area is 116 Å². The van der Waals surface area contributed by atoms with Crippen LogP contribution in [0.3, 0.4) is 0 Å². The molecule has 0 spiro atoms. The van der Waals surface area contributed by atoms with Gasteiger partial charge in [0.15, 0.2) is 5.78 Å². The molecule has 1 aromatic rings. The zero-order valence-corrected chi connectivity index (χ0v) is 12.5. The van der Waals surface area contributed by atoms with E-state index in [-0.39, 0.29) is 18.0 Å². The molecule has 18 heavy (non-hydrogen) atoms. The van der Waals surface area contributed by atoms with E-state index in [1.54, 1.807) is 19.1 Å². The summed E-state index contributed by atoms with van der Waals surface area (Å²) in [6.45, 7) is 5.97. The summed E-state index contributed by atoms with van der Waals surface area (Å²) in [4.78, 5) is 12.2. The molecule has 1 aromatic carbocycles. The van der Waals surface area contributed by atoms with Crippen LogP contribution in [0.5, 0.6) is 0 Å². The molecule has 0 aliphatic heterocycles. The maximum atomic E-state index is 13.6. The molecule has 2 nitrogen and oxygen atoms in total. The number of Topliss-reactive ketones (excluding diaryl/α,β-unsaturated/α-hetero) is 1. The highest BCUT2D eigenvalue weighted by molar-refractivity contribution is 9.10. The van der Waals surface area contributed by atoms with Gasteiger partial charge in [0.1, 0.15) is 11.4 Å². The minimum absolute atomic E-state index is 0.0512. The molecule has 0 aliphatic rings. The molecule has 4 heteroatoms. The summed E-state index contributed by atoms with van der Waals surface area (Å²) in [7, 11) is 0. The fourth-order valence-corrected chi connectivity index (χ4v) is 2.15. The predicted molar refractivity (Wildman–Crippen MR) is 73.1 cm³/mol. The minimum Gasteiger partial charge on any atom is -0.368 e. The zero-order valence-electron chi connectivity index (χ0n) is 10.9. The van der Waals surface area contributed by atoms with E-state index in [9.17, 15) is 9.18 Å². The highest BCUT2D eigenvalue weighted by Crippen LogP contribution is 2.22. The van der Waals surface area contributed by atoms with Gasteiger partial charge in [-0.3, -0.25) is 4.79 Å². The zero-order chi connectivity index (χ0) is 13.8. The minimum atomic E-state index is -0.830. The number of halogens is 2. The first kappa shape index (κ1) is 15.3. The third-order valence-electron chi connectivity index (χ3n) is 3.09. The van der Waals surface area contributed by atoms with Gasteiger partial charge in [-0.2, -0.15) is 0 Å². The summed E-state index contributed by atoms with van der Waals surface area (Å²) >= 11 is 3.28. The second kappa shape index (κ2) is 6.43. The molecule has 0 fully saturated rings. The van der Waals surface area contributed by atoms with Crippen molar-refractivity contribution in [1.29, 1.82) is 0 Å². The second-order valence-electron chi connectivity index (χ2n) is 4.35. The van der Waals surface area contributed by atoms with Crippen LogP contribution in [0.4, 0.5) is 4.39 Å². The summed E-state index contributed by atoms with van der Waals surface area (Å²) in [5.41, 5.74) is -0.433. The van der Waals surface area contributed by atoms with Crippen molar-refractivity contribution in [3.8, 4) is 0 Å². The Morgan fingerprint density at radius 2 is 2.11 bits per heavy atom. The van der Waals surface area contributed by atoms with Gasteiger partial charge in [0.05, 0.1) is 0 Å². The largest absolute Gasteiger partial charge is 0.368 e. The van der Waals surface area contributed by atoms with E-state index in [1.807, 2.05) is 13.8 Å². The number of carbonyl (C=O) groups is 1. The maximum absolute atomic E-state index is 13.6. The van der Waals surface area contributed by atoms with Gasteiger partial charge < -0.3 is 4.74 Å². The molecule has 0 N–H and O–H groups in total. The molecular weight excluding hydrogens is 299 g/mol. The number of ketones is 1. The Balaban J connectivity index is 2.89. The van der Waals surface area contributed by atoms with E-state index in [2.05, 4.69) is 15.9 Å². The normalized spacial score (nSPS) is 14.3. The summed E-state index contributed by atoms with van der Waals surface area (Å²) in [6, 6.07) is 4.61. The number of hydrogen-bond acceptors (Lipinski definition) is 2. The Morgan fingerprint density at radius 3 is 2.67 bits per heavy atom. The SMILES string of the molecule is CCOC(C)(CC)C(=O)Cc1cc(Br)ccc1F. The lowest BCUT2D eigenvalue weighted by Gasteiger charge is -2.26. The first-order valence-corrected chi connectivity index (χ1v) is 6.83. The molecule has 0 aromatic heterocycles. The van der Waals surface area contributed by atoms with Gasteiger partial charge in [0.2, 0.25) is 0 Å². The van der Waals surface area contributed by atoms with Crippen LogP contribution in [0.2, 0.25) is 0 Å². The molecule has 0 saturated heterocycles. The van der Waals surface area contributed by atoms with Crippen molar-refractivity contribution in [2.75, 3.05) is 6.61 Å². The summed E-state index contributed by atoms with van der Waals surface area (Å²) in [5, 5.41) is 0. The van der Waals surface area contributed by atoms with E-state index in [0.29, 0.717) is 18.6 Å². The summed E-state index contributed by atoms with van der Waals surface area (Å²) in [5.74, 6) is -0.453. The first-order chi connectivity index (χ1) is 8.42. The lowest BCUT2D eigenvalue weighted by Crippen LogP contribution is -2.39. The standard InChI is InChI=1S/C14H18BrFO2/c1-4-14(3,18-5-2)13(17)9-10-8-11(15)6-7-12(10)16/h6-8H,4-5,9H2,1-3H3. The van der Waals surface area contributed by atoms with Crippen LogP contribution in [0.25, 0.3) is 0 Å². The fourth-order valence-electron chi connectivity index (χ4n) is 1.74. The Bertz CT molecular complexity index is 434. The quantitative estimate of drug-likeness (QED) is 0.795. The molecule has 1 rings (SSSR count). The van der Waals surface area contributed by atoms with E-state index < -0.39 is 5.60 Å². The van der Waals surface area contributed by atoms with Gasteiger partial charge in [0.25, 0.3) is 0 Å². The van der Waals surface area contributed by atoms with Crippen molar-refractivity contribution in [2.24, 2.45) is 0 Å². The molecular formula is C14H18BrFO2. The smallest absolute Gasteiger partial charge is 0.168 e. The van der Waals surface area contributed by atoms with Gasteiger partial charge >= 0.3 is 0 Å². The number of carbonyl (C=O) groups excluding carboxylic acids is 1. The number of benzene rings is 1. The lowest BCUT2D eigenvalue weighted by molar-refractivity contribution is -0.141. The van der Waals surface area contributed by atoms with Crippen LogP contribution in [0.1, 0.15) is 32.8 Å². The first-order valence-electron chi connectivity index (χ1n) is 6.04. The predicted octanol–water partition coefficient (Wildman–Crippen LogP) is 3.91. The Kier molecular flexibility index (Phi) is 5.47. The number of hydrogen-bond donors (Lipinski definition) is 0. The molecule has 0 amide bonds. The van der Waals surface area contributed by atoms with Crippen LogP contribution < -0.4 is 0 Å². The lowest BCUT2D eigenvalue weighted by atomic mass is 9.92. The molecule has 0 saturated carbocycles. The molecule has 0 aliphatic carbocycles. The topological polar surface area (TPSA) is 26.3 Å². The third kappa shape index (κ3) is 3.62. The van der Waals surface area contributed by atoms with Crippen LogP contribution >= 0.6 is 15.9 Å². The van der Waals surface area contributed by atoms with Gasteiger partial charge in [-0.25, -0.2) is 4.39 Å². The molecule has 1 unspecified atom stereocenters. The van der Waals surface area contributed by atoms with Gasteiger partial charge in [0, 0.05) is 17.5 Å². The monoisotopic (exact) mass is 316 g/mol. The second-order valence-corrected chi connectivity index (χ2v) is 5.27. The van der Waals surface area contributed by atoms with Crippen molar-refractivity contribution in [3.05, 3.63) is 34.1 Å². The van der Waals surface area contributed by atoms with Gasteiger partial charge in [-0.1, -0.05) is 22.9 Å². The van der Waals surface area contributed by atoms with Gasteiger partial charge in [-0.15, -0.1) is 0 Å². The van der Waals surface area contributed by atoms with Crippen molar-refractivity contribution in [3.63, 3.8) is 0 Å². The van der Waals surface area contributed by atoms with E-state index in [0.717, 1.165) is 4.47 Å². The van der Waals surface area contributed by atoms with Gasteiger partial charge in [-0.05, 0) is 44.0 Å². The van der Waals surface area contributed by atoms with Crippen molar-refractivity contribution in [1.82, 2.24) is 0 Å². The molecule has 1 atom stereocenters. The van der Waals surface area contributed by atoms with Crippen LogP contribution in [-0.4, -0.2) is 18.0 Å². The summed E-state index contributed by atoms with van der Waals surface area (Å²) in [6.07, 6.45) is 0.630. The van der Waals surface area contributed by atoms with E-state index in [1.165, 1.54) is 6.07 Å². The van der Waals surface area contributed by atoms with Crippen molar-refractivity contribution >= 4 is 21.7 Å². The van der Waals surface area contributed by atoms with E-state index >= 15 is 0 Å². The summed E-state index contributed by atoms with van der Waals surface area (Å²) < 4.78 is 19.9. The Hall–Kier alpha value is -0.740. The van der Waals surface area contributed by atoms with Crippen molar-refractivity contribution < 1.29 is 13.9 Å².